The van der Waals surface area contributed by atoms with E-state index in [0.717, 1.165) is 0 Å². The first-order valence-electron chi connectivity index (χ1n) is 0.748. The van der Waals surface area contributed by atoms with Gasteiger partial charge in [0.15, 0.2) is 0 Å². The molecule has 34 valence electrons. The molecule has 6 heteroatoms. The number of hydrogen-bond acceptors (Lipinski definition) is 3. The summed E-state index contributed by atoms with van der Waals surface area (Å²) in [7, 11) is -2.48. The maximum Gasteiger partial charge on any atom is 2.00 e. The summed E-state index contributed by atoms with van der Waals surface area (Å²) in [5.41, 5.74) is 0. The predicted octanol–water partition coefficient (Wildman–Crippen LogP) is 0.342. The van der Waals surface area contributed by atoms with Gasteiger partial charge >= 0.3 is 31.3 Å². The van der Waals surface area contributed by atoms with Crippen molar-refractivity contribution >= 4 is 44.2 Å². The molecule has 0 spiro atoms. The molecule has 0 aliphatic carbocycles. The third-order valence-electron chi connectivity index (χ3n) is 0.0698. The van der Waals surface area contributed by atoms with Crippen molar-refractivity contribution < 1.29 is 16.3 Å². The van der Waals surface area contributed by atoms with E-state index in [-0.39, 0.29) is 25.9 Å². The Morgan fingerprint density at radius 1 is 2.00 bits per heavy atom. The molecule has 0 amide bonds. The molecule has 0 saturated carbocycles. The molecule has 0 fully saturated rings. The fourth-order valence-electron chi connectivity index (χ4n) is 0. The third kappa shape index (κ3) is 8.93. The molecule has 0 aromatic carbocycles. The molecule has 3 nitrogen and oxygen atoms in total. The van der Waals surface area contributed by atoms with Crippen molar-refractivity contribution in [1.82, 2.24) is 0 Å². The molecule has 0 aliphatic heterocycles. The van der Waals surface area contributed by atoms with Crippen molar-refractivity contribution in [1.29, 1.82) is 0 Å². The van der Waals surface area contributed by atoms with Crippen molar-refractivity contribution in [2.75, 3.05) is 0 Å². The summed E-state index contributed by atoms with van der Waals surface area (Å²) in [5, 5.41) is 0. The Labute approximate surface area is 60.8 Å². The number of thiol groups is 1. The molecule has 0 aromatic heterocycles. The van der Waals surface area contributed by atoms with Crippen LogP contribution in [0.2, 0.25) is 0 Å². The van der Waals surface area contributed by atoms with Gasteiger partial charge in [-0.25, -0.2) is 0 Å². The zero-order valence-electron chi connectivity index (χ0n) is 4.87. The number of hydrogen-bond donors (Lipinski definition) is 2. The zero-order chi connectivity index (χ0) is 4.28. The monoisotopic (exact) mass is 139 g/mol. The van der Waals surface area contributed by atoms with Gasteiger partial charge in [-0.3, -0.25) is 0 Å². The van der Waals surface area contributed by atoms with Crippen molar-refractivity contribution in [2.45, 2.75) is 0 Å². The summed E-state index contributed by atoms with van der Waals surface area (Å²) < 4.78 is 12.7. The van der Waals surface area contributed by atoms with Gasteiger partial charge in [0, 0.05) is 17.5 Å². The second-order valence-electron chi connectivity index (χ2n) is 0.319. The van der Waals surface area contributed by atoms with E-state index < -0.39 is 8.25 Å². The largest absolute Gasteiger partial charge is 2.00 e. The molecule has 0 bridgehead atoms. The van der Waals surface area contributed by atoms with Crippen LogP contribution in [0.3, 0.4) is 0 Å². The second-order valence-corrected chi connectivity index (χ2v) is 1.45. The summed E-state index contributed by atoms with van der Waals surface area (Å²) >= 11 is 2.98. The minimum absolute atomic E-state index is 0. The van der Waals surface area contributed by atoms with Crippen LogP contribution in [-0.2, 0) is 8.54 Å². The molecule has 1 unspecified atom stereocenters. The third-order valence-corrected chi connectivity index (χ3v) is 0.629. The maximum atomic E-state index is 9.22. The molecule has 0 radical (unpaired) electrons. The van der Waals surface area contributed by atoms with Gasteiger partial charge in [-0.1, -0.05) is 0 Å². The average Bonchev–Trinajstić information content (AvgIpc) is 1.38. The van der Waals surface area contributed by atoms with Gasteiger partial charge in [-0.05, 0) is 3.97 Å². The van der Waals surface area contributed by atoms with E-state index in [9.17, 15) is 4.57 Å². The normalized spacial score (nSPS) is 9.33. The SMILES string of the molecule is O=[P+](O)OS.[H-].[H-].[Mg+2]. The second kappa shape index (κ2) is 6.14. The van der Waals surface area contributed by atoms with Crippen LogP contribution in [0.1, 0.15) is 2.85 Å². The topological polar surface area (TPSA) is 46.5 Å². The van der Waals surface area contributed by atoms with Crippen LogP contribution in [0, 0.1) is 0 Å². The van der Waals surface area contributed by atoms with Gasteiger partial charge in [0.2, 0.25) is 0 Å². The van der Waals surface area contributed by atoms with Gasteiger partial charge in [0.1, 0.15) is 0 Å². The Morgan fingerprint density at radius 3 is 2.17 bits per heavy atom. The molecule has 0 saturated heterocycles. The van der Waals surface area contributed by atoms with Crippen LogP contribution in [0.15, 0.2) is 0 Å². The fourth-order valence-corrected chi connectivity index (χ4v) is 0. The van der Waals surface area contributed by atoms with Crippen LogP contribution in [0.5, 0.6) is 0 Å². The van der Waals surface area contributed by atoms with E-state index in [0.29, 0.717) is 0 Å². The summed E-state index contributed by atoms with van der Waals surface area (Å²) in [6.45, 7) is 0. The van der Waals surface area contributed by atoms with Crippen LogP contribution in [0.25, 0.3) is 0 Å². The minimum atomic E-state index is -2.48. The van der Waals surface area contributed by atoms with Crippen LogP contribution < -0.4 is 0 Å². The fraction of sp³-hybridized carbons (Fsp3) is 0. The molecular formula is H4MgO3PS+. The van der Waals surface area contributed by atoms with Crippen LogP contribution in [0.4, 0.5) is 0 Å². The predicted molar refractivity (Wildman–Crippen MR) is 27.9 cm³/mol. The van der Waals surface area contributed by atoms with E-state index in [1.165, 1.54) is 0 Å². The Balaban J connectivity index is -0.0000000267. The van der Waals surface area contributed by atoms with E-state index in [4.69, 9.17) is 4.89 Å². The van der Waals surface area contributed by atoms with E-state index in [1.54, 1.807) is 0 Å². The minimum Gasteiger partial charge on any atom is -1.00 e. The molecule has 1 atom stereocenters. The summed E-state index contributed by atoms with van der Waals surface area (Å²) in [6.07, 6.45) is 0. The number of rotatable bonds is 1. The van der Waals surface area contributed by atoms with Gasteiger partial charge in [-0.2, -0.15) is 0 Å². The summed E-state index contributed by atoms with van der Waals surface area (Å²) in [4.78, 5) is 7.57. The first-order chi connectivity index (χ1) is 2.27. The van der Waals surface area contributed by atoms with Gasteiger partial charge in [0.05, 0.1) is 0 Å². The van der Waals surface area contributed by atoms with Crippen molar-refractivity contribution in [3.63, 3.8) is 0 Å². The summed E-state index contributed by atoms with van der Waals surface area (Å²) in [6, 6.07) is 0. The Kier molecular flexibility index (Phi) is 10.4. The average molecular weight is 139 g/mol. The van der Waals surface area contributed by atoms with Crippen molar-refractivity contribution in [2.24, 2.45) is 0 Å². The van der Waals surface area contributed by atoms with Gasteiger partial charge < -0.3 is 2.85 Å². The standard InChI is InChI=1S/Mg.HO3PS.2H/c;1-4(2)3-5;;/h;(H-,1,2,5);;/q+2;;2*-1/p+1. The molecule has 0 heterocycles. The molecule has 0 rings (SSSR count). The van der Waals surface area contributed by atoms with E-state index in [2.05, 4.69) is 16.9 Å². The van der Waals surface area contributed by atoms with E-state index >= 15 is 0 Å². The summed E-state index contributed by atoms with van der Waals surface area (Å²) in [5.74, 6) is 0. The Morgan fingerprint density at radius 2 is 2.17 bits per heavy atom. The van der Waals surface area contributed by atoms with E-state index in [1.807, 2.05) is 0 Å². The van der Waals surface area contributed by atoms with Crippen LogP contribution >= 0.6 is 21.2 Å². The molecule has 0 aliphatic rings. The quantitative estimate of drug-likeness (QED) is 0.238. The first-order valence-corrected chi connectivity index (χ1v) is 2.24. The van der Waals surface area contributed by atoms with Gasteiger partial charge in [0.25, 0.3) is 0 Å². The molecular weight excluding hydrogens is 135 g/mol. The molecule has 0 aromatic rings. The van der Waals surface area contributed by atoms with Crippen molar-refractivity contribution in [3.8, 4) is 0 Å². The van der Waals surface area contributed by atoms with Crippen molar-refractivity contribution in [3.05, 3.63) is 0 Å². The Bertz CT molecular complexity index is 52.5. The molecule has 6 heavy (non-hydrogen) atoms. The first kappa shape index (κ1) is 10.2. The van der Waals surface area contributed by atoms with Crippen LogP contribution in [-0.4, -0.2) is 27.9 Å². The Hall–Kier alpha value is 1.14. The van der Waals surface area contributed by atoms with Gasteiger partial charge in [-0.15, -0.1) is 4.89 Å². The zero-order valence-corrected chi connectivity index (χ0v) is 6.07. The maximum absolute atomic E-state index is 9.22. The smallest absolute Gasteiger partial charge is 1.00 e. The molecule has 1 N–H and O–H groups in total.